The van der Waals surface area contributed by atoms with E-state index in [2.05, 4.69) is 41.8 Å². The van der Waals surface area contributed by atoms with Crippen LogP contribution in [-0.2, 0) is 17.6 Å². The average Bonchev–Trinajstić information content (AvgIpc) is 2.67. The summed E-state index contributed by atoms with van der Waals surface area (Å²) in [6, 6.07) is 18.3. The minimum atomic E-state index is -0.146. The first kappa shape index (κ1) is 17.3. The Morgan fingerprint density at radius 2 is 1.81 bits per heavy atom. The Balaban J connectivity index is 1.46. The van der Waals surface area contributed by atoms with Crippen LogP contribution < -0.4 is 10.6 Å². The van der Waals surface area contributed by atoms with Crippen LogP contribution in [0, 0.1) is 6.92 Å². The molecule has 4 nitrogen and oxygen atoms in total. The molecule has 4 rings (SSSR count). The number of aryl methyl sites for hydroxylation is 2. The molecule has 3 aromatic carbocycles. The van der Waals surface area contributed by atoms with Crippen LogP contribution in [-0.4, -0.2) is 18.4 Å². The van der Waals surface area contributed by atoms with Crippen molar-refractivity contribution < 1.29 is 9.59 Å². The molecule has 1 heterocycles. The predicted octanol–water partition coefficient (Wildman–Crippen LogP) is 4.01. The Hall–Kier alpha value is -3.14. The first-order valence-corrected chi connectivity index (χ1v) is 9.30. The molecule has 0 saturated heterocycles. The van der Waals surface area contributed by atoms with E-state index in [-0.39, 0.29) is 11.8 Å². The number of amides is 2. The van der Waals surface area contributed by atoms with E-state index in [4.69, 9.17) is 0 Å². The zero-order valence-corrected chi connectivity index (χ0v) is 15.3. The van der Waals surface area contributed by atoms with Gasteiger partial charge in [0.15, 0.2) is 0 Å². The molecular weight excluding hydrogens is 336 g/mol. The summed E-state index contributed by atoms with van der Waals surface area (Å²) in [6.45, 7) is 2.66. The van der Waals surface area contributed by atoms with Crippen molar-refractivity contribution in [1.82, 2.24) is 5.32 Å². The number of para-hydroxylation sites is 1. The lowest BCUT2D eigenvalue weighted by molar-refractivity contribution is -0.116. The molecule has 2 N–H and O–H groups in total. The van der Waals surface area contributed by atoms with Crippen LogP contribution in [0.2, 0.25) is 0 Å². The van der Waals surface area contributed by atoms with Crippen molar-refractivity contribution in [3.63, 3.8) is 0 Å². The standard InChI is InChI=1S/C23H22N2O2/c1-15-13-18-5-2-3-6-19(18)14-17(15)11-12-24-23(27)20-8-4-7-16-9-10-21(26)25-22(16)20/h2-8,13-14H,9-12H2,1H3,(H,24,27)(H,25,26). The molecule has 0 saturated carbocycles. The first-order chi connectivity index (χ1) is 13.1. The molecule has 0 bridgehead atoms. The molecule has 2 amide bonds. The molecule has 136 valence electrons. The van der Waals surface area contributed by atoms with Gasteiger partial charge in [-0.25, -0.2) is 0 Å². The van der Waals surface area contributed by atoms with E-state index in [0.717, 1.165) is 12.0 Å². The zero-order chi connectivity index (χ0) is 18.8. The van der Waals surface area contributed by atoms with Gasteiger partial charge in [0.1, 0.15) is 0 Å². The molecule has 0 aliphatic carbocycles. The Labute approximate surface area is 158 Å². The Bertz CT molecular complexity index is 1040. The van der Waals surface area contributed by atoms with Crippen molar-refractivity contribution in [2.24, 2.45) is 0 Å². The number of fused-ring (bicyclic) bond motifs is 2. The monoisotopic (exact) mass is 358 g/mol. The van der Waals surface area contributed by atoms with Crippen molar-refractivity contribution in [2.75, 3.05) is 11.9 Å². The largest absolute Gasteiger partial charge is 0.352 e. The SMILES string of the molecule is Cc1cc2ccccc2cc1CCNC(=O)c1cccc2c1NC(=O)CC2. The summed E-state index contributed by atoms with van der Waals surface area (Å²) in [4.78, 5) is 24.3. The van der Waals surface area contributed by atoms with Gasteiger partial charge in [-0.15, -0.1) is 0 Å². The third kappa shape index (κ3) is 3.56. The van der Waals surface area contributed by atoms with Gasteiger partial charge in [-0.05, 0) is 53.3 Å². The fraction of sp³-hybridized carbons (Fsp3) is 0.217. The van der Waals surface area contributed by atoms with Gasteiger partial charge in [0.05, 0.1) is 11.3 Å². The van der Waals surface area contributed by atoms with E-state index in [0.29, 0.717) is 30.6 Å². The predicted molar refractivity (Wildman–Crippen MR) is 108 cm³/mol. The molecule has 3 aromatic rings. The molecule has 0 spiro atoms. The van der Waals surface area contributed by atoms with Crippen molar-refractivity contribution in [1.29, 1.82) is 0 Å². The van der Waals surface area contributed by atoms with Gasteiger partial charge in [0, 0.05) is 13.0 Å². The van der Waals surface area contributed by atoms with Crippen LogP contribution in [0.4, 0.5) is 5.69 Å². The second-order valence-electron chi connectivity index (χ2n) is 7.02. The molecule has 1 aliphatic rings. The molecule has 0 aromatic heterocycles. The summed E-state index contributed by atoms with van der Waals surface area (Å²) in [5.41, 5.74) is 4.68. The normalized spacial score (nSPS) is 13.1. The van der Waals surface area contributed by atoms with Gasteiger partial charge in [-0.1, -0.05) is 48.5 Å². The first-order valence-electron chi connectivity index (χ1n) is 9.30. The van der Waals surface area contributed by atoms with Crippen LogP contribution in [0.25, 0.3) is 10.8 Å². The molecule has 0 radical (unpaired) electrons. The highest BCUT2D eigenvalue weighted by Crippen LogP contribution is 2.26. The Morgan fingerprint density at radius 3 is 2.63 bits per heavy atom. The minimum absolute atomic E-state index is 0.0328. The molecule has 27 heavy (non-hydrogen) atoms. The Kier molecular flexibility index (Phi) is 4.63. The number of hydrogen-bond acceptors (Lipinski definition) is 2. The molecule has 0 fully saturated rings. The van der Waals surface area contributed by atoms with Gasteiger partial charge in [-0.2, -0.15) is 0 Å². The van der Waals surface area contributed by atoms with Gasteiger partial charge in [0.25, 0.3) is 5.91 Å². The molecular formula is C23H22N2O2. The second-order valence-corrected chi connectivity index (χ2v) is 7.02. The highest BCUT2D eigenvalue weighted by molar-refractivity contribution is 6.05. The van der Waals surface area contributed by atoms with Crippen LogP contribution in [0.5, 0.6) is 0 Å². The number of benzene rings is 3. The summed E-state index contributed by atoms with van der Waals surface area (Å²) in [7, 11) is 0. The smallest absolute Gasteiger partial charge is 0.253 e. The van der Waals surface area contributed by atoms with Crippen molar-refractivity contribution >= 4 is 28.3 Å². The lowest BCUT2D eigenvalue weighted by Crippen LogP contribution is -2.29. The topological polar surface area (TPSA) is 58.2 Å². The van der Waals surface area contributed by atoms with Gasteiger partial charge in [-0.3, -0.25) is 9.59 Å². The maximum atomic E-state index is 12.6. The van der Waals surface area contributed by atoms with E-state index in [1.807, 2.05) is 24.3 Å². The number of carbonyl (C=O) groups excluding carboxylic acids is 2. The van der Waals surface area contributed by atoms with Crippen LogP contribution in [0.15, 0.2) is 54.6 Å². The fourth-order valence-electron chi connectivity index (χ4n) is 3.67. The van der Waals surface area contributed by atoms with E-state index >= 15 is 0 Å². The average molecular weight is 358 g/mol. The number of rotatable bonds is 4. The summed E-state index contributed by atoms with van der Waals surface area (Å²) in [5.74, 6) is -0.179. The summed E-state index contributed by atoms with van der Waals surface area (Å²) >= 11 is 0. The summed E-state index contributed by atoms with van der Waals surface area (Å²) < 4.78 is 0. The maximum absolute atomic E-state index is 12.6. The third-order valence-corrected chi connectivity index (χ3v) is 5.17. The van der Waals surface area contributed by atoms with Crippen molar-refractivity contribution in [2.45, 2.75) is 26.2 Å². The molecule has 1 aliphatic heterocycles. The maximum Gasteiger partial charge on any atom is 0.253 e. The number of nitrogens with one attached hydrogen (secondary N) is 2. The molecule has 0 atom stereocenters. The van der Waals surface area contributed by atoms with Crippen LogP contribution >= 0.6 is 0 Å². The van der Waals surface area contributed by atoms with Crippen molar-refractivity contribution in [3.05, 3.63) is 76.9 Å². The highest BCUT2D eigenvalue weighted by Gasteiger charge is 2.20. The molecule has 0 unspecified atom stereocenters. The number of hydrogen-bond donors (Lipinski definition) is 2. The fourth-order valence-corrected chi connectivity index (χ4v) is 3.67. The summed E-state index contributed by atoms with van der Waals surface area (Å²) in [6.07, 6.45) is 1.92. The van der Waals surface area contributed by atoms with Crippen LogP contribution in [0.3, 0.4) is 0 Å². The van der Waals surface area contributed by atoms with E-state index in [9.17, 15) is 9.59 Å². The zero-order valence-electron chi connectivity index (χ0n) is 15.3. The lowest BCUT2D eigenvalue weighted by atomic mass is 9.98. The van der Waals surface area contributed by atoms with Gasteiger partial charge >= 0.3 is 0 Å². The quantitative estimate of drug-likeness (QED) is 0.740. The molecule has 4 heteroatoms. The third-order valence-electron chi connectivity index (χ3n) is 5.17. The number of carbonyl (C=O) groups is 2. The van der Waals surface area contributed by atoms with Crippen LogP contribution in [0.1, 0.15) is 33.5 Å². The lowest BCUT2D eigenvalue weighted by Gasteiger charge is -2.19. The Morgan fingerprint density at radius 1 is 1.04 bits per heavy atom. The van der Waals surface area contributed by atoms with E-state index < -0.39 is 0 Å². The highest BCUT2D eigenvalue weighted by atomic mass is 16.2. The summed E-state index contributed by atoms with van der Waals surface area (Å²) in [5, 5.41) is 8.29. The van der Waals surface area contributed by atoms with Gasteiger partial charge in [0.2, 0.25) is 5.91 Å². The van der Waals surface area contributed by atoms with E-state index in [1.54, 1.807) is 6.07 Å². The van der Waals surface area contributed by atoms with Crippen molar-refractivity contribution in [3.8, 4) is 0 Å². The van der Waals surface area contributed by atoms with E-state index in [1.165, 1.54) is 21.9 Å². The second kappa shape index (κ2) is 7.23. The minimum Gasteiger partial charge on any atom is -0.352 e. The number of anilines is 1. The van der Waals surface area contributed by atoms with Gasteiger partial charge < -0.3 is 10.6 Å².